The number of thiophene rings is 1. The Morgan fingerprint density at radius 2 is 2.20 bits per heavy atom. The van der Waals surface area contributed by atoms with Crippen molar-refractivity contribution in [1.82, 2.24) is 15.5 Å². The largest absolute Gasteiger partial charge is 0.351 e. The Morgan fingerprint density at radius 3 is 3.00 bits per heavy atom. The maximum Gasteiger partial charge on any atom is 0.261 e. The Hall–Kier alpha value is -0.910. The Balaban J connectivity index is 1.38. The fourth-order valence-electron chi connectivity index (χ4n) is 2.97. The predicted molar refractivity (Wildman–Crippen MR) is 82.6 cm³/mol. The summed E-state index contributed by atoms with van der Waals surface area (Å²) in [6.07, 6.45) is 4.61. The van der Waals surface area contributed by atoms with Crippen LogP contribution in [0.2, 0.25) is 0 Å². The third-order valence-corrected chi connectivity index (χ3v) is 5.35. The monoisotopic (exact) mass is 293 g/mol. The lowest BCUT2D eigenvalue weighted by Gasteiger charge is -2.27. The number of carbonyl (C=O) groups excluding carboxylic acids is 1. The summed E-state index contributed by atoms with van der Waals surface area (Å²) in [7, 11) is 0. The van der Waals surface area contributed by atoms with E-state index in [-0.39, 0.29) is 5.91 Å². The molecule has 3 rings (SSSR count). The smallest absolute Gasteiger partial charge is 0.261 e. The van der Waals surface area contributed by atoms with Gasteiger partial charge in [0.2, 0.25) is 0 Å². The molecular weight excluding hydrogens is 270 g/mol. The van der Waals surface area contributed by atoms with Crippen molar-refractivity contribution in [2.75, 3.05) is 39.3 Å². The summed E-state index contributed by atoms with van der Waals surface area (Å²) in [5.41, 5.74) is 1.40. The van der Waals surface area contributed by atoms with Crippen LogP contribution in [-0.4, -0.2) is 50.1 Å². The first-order valence-corrected chi connectivity index (χ1v) is 8.47. The first kappa shape index (κ1) is 14.0. The van der Waals surface area contributed by atoms with Crippen LogP contribution in [0.4, 0.5) is 0 Å². The molecule has 0 saturated carbocycles. The van der Waals surface area contributed by atoms with E-state index in [1.807, 2.05) is 0 Å². The molecule has 0 bridgehead atoms. The minimum Gasteiger partial charge on any atom is -0.351 e. The van der Waals surface area contributed by atoms with E-state index in [2.05, 4.69) is 21.6 Å². The van der Waals surface area contributed by atoms with Gasteiger partial charge in [-0.15, -0.1) is 11.3 Å². The van der Waals surface area contributed by atoms with Crippen molar-refractivity contribution in [1.29, 1.82) is 0 Å². The van der Waals surface area contributed by atoms with Crippen molar-refractivity contribution >= 4 is 17.2 Å². The van der Waals surface area contributed by atoms with E-state index in [9.17, 15) is 4.79 Å². The van der Waals surface area contributed by atoms with E-state index in [1.165, 1.54) is 16.9 Å². The molecule has 4 nitrogen and oxygen atoms in total. The van der Waals surface area contributed by atoms with Gasteiger partial charge in [-0.25, -0.2) is 0 Å². The zero-order valence-corrected chi connectivity index (χ0v) is 12.7. The Morgan fingerprint density at radius 1 is 1.35 bits per heavy atom. The first-order valence-electron chi connectivity index (χ1n) is 7.66. The van der Waals surface area contributed by atoms with Crippen molar-refractivity contribution < 1.29 is 4.79 Å². The third-order valence-electron chi connectivity index (χ3n) is 4.12. The number of hydrogen-bond donors (Lipinski definition) is 2. The highest BCUT2D eigenvalue weighted by Crippen LogP contribution is 2.30. The number of amides is 1. The van der Waals surface area contributed by atoms with Crippen LogP contribution < -0.4 is 10.6 Å². The molecule has 1 aromatic heterocycles. The molecule has 0 atom stereocenters. The van der Waals surface area contributed by atoms with Crippen molar-refractivity contribution in [3.05, 3.63) is 21.4 Å². The molecule has 0 spiro atoms. The number of rotatable bonds is 5. The summed E-state index contributed by atoms with van der Waals surface area (Å²) < 4.78 is 0. The normalized spacial score (nSPS) is 19.0. The molecule has 110 valence electrons. The lowest BCUT2D eigenvalue weighted by Crippen LogP contribution is -2.44. The fourth-order valence-corrected chi connectivity index (χ4v) is 4.14. The summed E-state index contributed by atoms with van der Waals surface area (Å²) in [6, 6.07) is 2.10. The summed E-state index contributed by atoms with van der Waals surface area (Å²) in [4.78, 5) is 16.9. The molecule has 2 N–H and O–H groups in total. The van der Waals surface area contributed by atoms with Crippen LogP contribution in [-0.2, 0) is 12.8 Å². The lowest BCUT2D eigenvalue weighted by atomic mass is 10.2. The second-order valence-corrected chi connectivity index (χ2v) is 6.75. The van der Waals surface area contributed by atoms with Gasteiger partial charge >= 0.3 is 0 Å². The van der Waals surface area contributed by atoms with Gasteiger partial charge in [0.05, 0.1) is 4.88 Å². The molecule has 5 heteroatoms. The van der Waals surface area contributed by atoms with Crippen molar-refractivity contribution in [3.8, 4) is 0 Å². The van der Waals surface area contributed by atoms with Crippen LogP contribution in [0.25, 0.3) is 0 Å². The van der Waals surface area contributed by atoms with Gasteiger partial charge in [-0.3, -0.25) is 4.79 Å². The van der Waals surface area contributed by atoms with Crippen LogP contribution in [0.15, 0.2) is 6.07 Å². The maximum absolute atomic E-state index is 12.1. The number of nitrogens with zero attached hydrogens (tertiary/aromatic N) is 1. The molecule has 2 aliphatic rings. The molecule has 2 heterocycles. The summed E-state index contributed by atoms with van der Waals surface area (Å²) >= 11 is 1.69. The molecular formula is C15H23N3OS. The summed E-state index contributed by atoms with van der Waals surface area (Å²) in [5.74, 6) is 0.115. The second kappa shape index (κ2) is 6.70. The summed E-state index contributed by atoms with van der Waals surface area (Å²) in [6.45, 7) is 6.31. The molecule has 0 aromatic carbocycles. The van der Waals surface area contributed by atoms with Gasteiger partial charge in [0.15, 0.2) is 0 Å². The number of aryl methyl sites for hydroxylation is 2. The van der Waals surface area contributed by atoms with E-state index in [0.29, 0.717) is 0 Å². The SMILES string of the molecule is O=C(NCCCN1CCNCC1)c1cc2c(s1)CCC2. The van der Waals surface area contributed by atoms with Gasteiger partial charge in [0.25, 0.3) is 5.91 Å². The van der Waals surface area contributed by atoms with E-state index >= 15 is 0 Å². The maximum atomic E-state index is 12.1. The van der Waals surface area contributed by atoms with Crippen LogP contribution in [0.1, 0.15) is 33.0 Å². The first-order chi connectivity index (χ1) is 9.83. The Labute approximate surface area is 124 Å². The van der Waals surface area contributed by atoms with Gasteiger partial charge in [-0.1, -0.05) is 0 Å². The Kier molecular flexibility index (Phi) is 4.70. The molecule has 0 radical (unpaired) electrons. The third kappa shape index (κ3) is 3.40. The molecule has 1 fully saturated rings. The van der Waals surface area contributed by atoms with Crippen LogP contribution >= 0.6 is 11.3 Å². The molecule has 1 aromatic rings. The van der Waals surface area contributed by atoms with Crippen molar-refractivity contribution in [2.45, 2.75) is 25.7 Å². The minimum absolute atomic E-state index is 0.115. The van der Waals surface area contributed by atoms with Gasteiger partial charge in [-0.05, 0) is 43.9 Å². The summed E-state index contributed by atoms with van der Waals surface area (Å²) in [5, 5.41) is 6.41. The standard InChI is InChI=1S/C15H23N3OS/c19-15(14-11-12-3-1-4-13(12)20-14)17-5-2-8-18-9-6-16-7-10-18/h11,16H,1-10H2,(H,17,19). The van der Waals surface area contributed by atoms with Gasteiger partial charge in [0, 0.05) is 37.6 Å². The quantitative estimate of drug-likeness (QED) is 0.804. The number of fused-ring (bicyclic) bond motifs is 1. The molecule has 1 saturated heterocycles. The van der Waals surface area contributed by atoms with E-state index in [0.717, 1.165) is 63.4 Å². The highest BCUT2D eigenvalue weighted by atomic mass is 32.1. The molecule has 20 heavy (non-hydrogen) atoms. The highest BCUT2D eigenvalue weighted by molar-refractivity contribution is 7.14. The minimum atomic E-state index is 0.115. The van der Waals surface area contributed by atoms with Crippen LogP contribution in [0.5, 0.6) is 0 Å². The molecule has 1 aliphatic carbocycles. The van der Waals surface area contributed by atoms with Gasteiger partial charge < -0.3 is 15.5 Å². The average Bonchev–Trinajstić information content (AvgIpc) is 3.05. The molecule has 1 amide bonds. The fraction of sp³-hybridized carbons (Fsp3) is 0.667. The lowest BCUT2D eigenvalue weighted by molar-refractivity contribution is 0.0955. The predicted octanol–water partition coefficient (Wildman–Crippen LogP) is 1.26. The van der Waals surface area contributed by atoms with E-state index in [4.69, 9.17) is 0 Å². The number of carbonyl (C=O) groups is 1. The zero-order chi connectivity index (χ0) is 13.8. The number of hydrogen-bond acceptors (Lipinski definition) is 4. The Bertz CT molecular complexity index is 444. The molecule has 1 aliphatic heterocycles. The van der Waals surface area contributed by atoms with Crippen molar-refractivity contribution in [3.63, 3.8) is 0 Å². The topological polar surface area (TPSA) is 44.4 Å². The van der Waals surface area contributed by atoms with E-state index < -0.39 is 0 Å². The number of piperazine rings is 1. The average molecular weight is 293 g/mol. The highest BCUT2D eigenvalue weighted by Gasteiger charge is 2.18. The van der Waals surface area contributed by atoms with Crippen LogP contribution in [0.3, 0.4) is 0 Å². The second-order valence-electron chi connectivity index (χ2n) is 5.61. The van der Waals surface area contributed by atoms with Gasteiger partial charge in [0.1, 0.15) is 0 Å². The number of nitrogens with one attached hydrogen (secondary N) is 2. The van der Waals surface area contributed by atoms with Crippen molar-refractivity contribution in [2.24, 2.45) is 0 Å². The van der Waals surface area contributed by atoms with E-state index in [1.54, 1.807) is 11.3 Å². The van der Waals surface area contributed by atoms with Crippen LogP contribution in [0, 0.1) is 0 Å². The molecule has 0 unspecified atom stereocenters. The van der Waals surface area contributed by atoms with Gasteiger partial charge in [-0.2, -0.15) is 0 Å². The zero-order valence-electron chi connectivity index (χ0n) is 11.9.